The maximum absolute atomic E-state index is 11.8. The molecule has 0 bridgehead atoms. The molecule has 0 aromatic heterocycles. The lowest BCUT2D eigenvalue weighted by molar-refractivity contribution is 0.0695. The highest BCUT2D eigenvalue weighted by molar-refractivity contribution is 6.09. The molecule has 3 aromatic rings. The molecular weight excluding hydrogens is 340 g/mol. The SMILES string of the molecule is Cc1cccc(Cc2cc3c(C(=O)O)c(O)c(O)c(C(C)C)c3cc2C)c1. The number of phenols is 2. The first-order valence-electron chi connectivity index (χ1n) is 9.00. The standard InChI is InChI=1S/C23H24O4/c1-12(2)19-17-9-14(4)16(10-15-7-5-6-13(3)8-15)11-18(17)20(23(26)27)22(25)21(19)24/h5-9,11-12,24-25H,10H2,1-4H3,(H,26,27). The summed E-state index contributed by atoms with van der Waals surface area (Å²) < 4.78 is 0. The molecule has 0 heterocycles. The molecule has 0 fully saturated rings. The van der Waals surface area contributed by atoms with Crippen LogP contribution in [-0.4, -0.2) is 21.3 Å². The van der Waals surface area contributed by atoms with Crippen molar-refractivity contribution in [2.24, 2.45) is 0 Å². The number of fused-ring (bicyclic) bond motifs is 1. The third kappa shape index (κ3) is 3.35. The van der Waals surface area contributed by atoms with Crippen molar-refractivity contribution in [2.75, 3.05) is 0 Å². The maximum Gasteiger partial charge on any atom is 0.340 e. The molecule has 0 saturated heterocycles. The quantitative estimate of drug-likeness (QED) is 0.550. The Balaban J connectivity index is 2.31. The number of hydrogen-bond acceptors (Lipinski definition) is 3. The zero-order valence-corrected chi connectivity index (χ0v) is 16.0. The van der Waals surface area contributed by atoms with E-state index in [-0.39, 0.29) is 17.2 Å². The lowest BCUT2D eigenvalue weighted by Gasteiger charge is -2.18. The van der Waals surface area contributed by atoms with Gasteiger partial charge in [-0.25, -0.2) is 4.79 Å². The number of hydrogen-bond donors (Lipinski definition) is 3. The van der Waals surface area contributed by atoms with E-state index in [9.17, 15) is 20.1 Å². The van der Waals surface area contributed by atoms with E-state index in [0.717, 1.165) is 16.7 Å². The van der Waals surface area contributed by atoms with Gasteiger partial charge < -0.3 is 15.3 Å². The lowest BCUT2D eigenvalue weighted by atomic mass is 9.87. The Morgan fingerprint density at radius 1 is 1.00 bits per heavy atom. The molecule has 0 spiro atoms. The largest absolute Gasteiger partial charge is 0.504 e. The highest BCUT2D eigenvalue weighted by Crippen LogP contribution is 2.44. The number of phenolic OH excluding ortho intramolecular Hbond substituents is 1. The predicted octanol–water partition coefficient (Wildman–Crippen LogP) is 5.28. The van der Waals surface area contributed by atoms with E-state index >= 15 is 0 Å². The Morgan fingerprint density at radius 3 is 2.30 bits per heavy atom. The zero-order chi connectivity index (χ0) is 19.9. The maximum atomic E-state index is 11.8. The molecule has 0 aliphatic rings. The first kappa shape index (κ1) is 18.8. The summed E-state index contributed by atoms with van der Waals surface area (Å²) in [6.07, 6.45) is 0.668. The van der Waals surface area contributed by atoms with Crippen molar-refractivity contribution in [1.29, 1.82) is 0 Å². The summed E-state index contributed by atoms with van der Waals surface area (Å²) in [5.41, 5.74) is 4.64. The number of carboxylic acids is 1. The number of aryl methyl sites for hydroxylation is 2. The Labute approximate surface area is 158 Å². The minimum Gasteiger partial charge on any atom is -0.504 e. The number of carboxylic acid groups (broad SMARTS) is 1. The van der Waals surface area contributed by atoms with Gasteiger partial charge in [0.1, 0.15) is 5.56 Å². The molecule has 4 nitrogen and oxygen atoms in total. The van der Waals surface area contributed by atoms with Crippen LogP contribution in [-0.2, 0) is 6.42 Å². The van der Waals surface area contributed by atoms with Crippen molar-refractivity contribution in [3.63, 3.8) is 0 Å². The average Bonchev–Trinajstić information content (AvgIpc) is 2.57. The van der Waals surface area contributed by atoms with Crippen molar-refractivity contribution < 1.29 is 20.1 Å². The minimum absolute atomic E-state index is 0.0664. The molecule has 0 aliphatic heterocycles. The molecule has 3 aromatic carbocycles. The fourth-order valence-electron chi connectivity index (χ4n) is 3.72. The van der Waals surface area contributed by atoms with E-state index in [1.165, 1.54) is 5.56 Å². The van der Waals surface area contributed by atoms with Gasteiger partial charge in [0.15, 0.2) is 11.5 Å². The Morgan fingerprint density at radius 2 is 1.70 bits per heavy atom. The van der Waals surface area contributed by atoms with Crippen LogP contribution >= 0.6 is 0 Å². The van der Waals surface area contributed by atoms with Gasteiger partial charge in [0, 0.05) is 10.9 Å². The van der Waals surface area contributed by atoms with Gasteiger partial charge in [0.2, 0.25) is 0 Å². The Kier molecular flexibility index (Phi) is 4.83. The third-order valence-electron chi connectivity index (χ3n) is 5.02. The first-order chi connectivity index (χ1) is 12.7. The fourth-order valence-corrected chi connectivity index (χ4v) is 3.72. The van der Waals surface area contributed by atoms with Crippen LogP contribution in [0.25, 0.3) is 10.8 Å². The molecule has 0 amide bonds. The molecule has 0 radical (unpaired) electrons. The van der Waals surface area contributed by atoms with Crippen LogP contribution in [0.2, 0.25) is 0 Å². The van der Waals surface area contributed by atoms with Gasteiger partial charge in [-0.1, -0.05) is 49.7 Å². The van der Waals surface area contributed by atoms with E-state index in [2.05, 4.69) is 6.07 Å². The summed E-state index contributed by atoms with van der Waals surface area (Å²) in [5.74, 6) is -2.23. The number of rotatable bonds is 4. The zero-order valence-electron chi connectivity index (χ0n) is 16.0. The lowest BCUT2D eigenvalue weighted by Crippen LogP contribution is -2.04. The normalized spacial score (nSPS) is 11.3. The van der Waals surface area contributed by atoms with Crippen LogP contribution < -0.4 is 0 Å². The van der Waals surface area contributed by atoms with E-state index in [1.54, 1.807) is 0 Å². The molecule has 0 unspecified atom stereocenters. The van der Waals surface area contributed by atoms with Crippen molar-refractivity contribution in [1.82, 2.24) is 0 Å². The van der Waals surface area contributed by atoms with Gasteiger partial charge in [-0.15, -0.1) is 0 Å². The minimum atomic E-state index is -1.26. The summed E-state index contributed by atoms with van der Waals surface area (Å²) in [4.78, 5) is 11.8. The van der Waals surface area contributed by atoms with E-state index in [1.807, 2.05) is 58.0 Å². The summed E-state index contributed by atoms with van der Waals surface area (Å²) in [7, 11) is 0. The van der Waals surface area contributed by atoms with E-state index < -0.39 is 11.7 Å². The van der Waals surface area contributed by atoms with Crippen molar-refractivity contribution in [3.05, 3.63) is 69.8 Å². The molecule has 0 aliphatic carbocycles. The van der Waals surface area contributed by atoms with Crippen LogP contribution in [0, 0.1) is 13.8 Å². The van der Waals surface area contributed by atoms with Gasteiger partial charge in [0.05, 0.1) is 0 Å². The summed E-state index contributed by atoms with van der Waals surface area (Å²) >= 11 is 0. The van der Waals surface area contributed by atoms with Crippen LogP contribution in [0.15, 0.2) is 36.4 Å². The van der Waals surface area contributed by atoms with Crippen LogP contribution in [0.5, 0.6) is 11.5 Å². The van der Waals surface area contributed by atoms with Gasteiger partial charge in [-0.2, -0.15) is 0 Å². The monoisotopic (exact) mass is 364 g/mol. The van der Waals surface area contributed by atoms with E-state index in [4.69, 9.17) is 0 Å². The fraction of sp³-hybridized carbons (Fsp3) is 0.261. The number of benzene rings is 3. The van der Waals surface area contributed by atoms with Crippen molar-refractivity contribution in [2.45, 2.75) is 40.0 Å². The van der Waals surface area contributed by atoms with Gasteiger partial charge in [-0.05, 0) is 54.3 Å². The second-order valence-corrected chi connectivity index (χ2v) is 7.44. The molecule has 3 N–H and O–H groups in total. The smallest absolute Gasteiger partial charge is 0.340 e. The highest BCUT2D eigenvalue weighted by Gasteiger charge is 2.25. The average molecular weight is 364 g/mol. The molecule has 27 heavy (non-hydrogen) atoms. The Bertz CT molecular complexity index is 1050. The third-order valence-corrected chi connectivity index (χ3v) is 5.02. The van der Waals surface area contributed by atoms with E-state index in [0.29, 0.717) is 22.8 Å². The van der Waals surface area contributed by atoms with Gasteiger partial charge >= 0.3 is 5.97 Å². The topological polar surface area (TPSA) is 77.8 Å². The van der Waals surface area contributed by atoms with Crippen LogP contribution in [0.3, 0.4) is 0 Å². The molecule has 0 atom stereocenters. The second kappa shape index (κ2) is 6.95. The van der Waals surface area contributed by atoms with Crippen molar-refractivity contribution >= 4 is 16.7 Å². The van der Waals surface area contributed by atoms with Crippen LogP contribution in [0.4, 0.5) is 0 Å². The predicted molar refractivity (Wildman–Crippen MR) is 107 cm³/mol. The molecule has 3 rings (SSSR count). The highest BCUT2D eigenvalue weighted by atomic mass is 16.4. The first-order valence-corrected chi connectivity index (χ1v) is 9.00. The number of aromatic hydroxyl groups is 2. The number of carbonyl (C=O) groups is 1. The van der Waals surface area contributed by atoms with Crippen LogP contribution in [0.1, 0.15) is 57.9 Å². The molecular formula is C23H24O4. The molecule has 0 saturated carbocycles. The molecule has 140 valence electrons. The summed E-state index contributed by atoms with van der Waals surface area (Å²) in [6, 6.07) is 11.9. The Hall–Kier alpha value is -3.01. The van der Waals surface area contributed by atoms with Gasteiger partial charge in [0.25, 0.3) is 0 Å². The number of aromatic carboxylic acids is 1. The van der Waals surface area contributed by atoms with Crippen molar-refractivity contribution in [3.8, 4) is 11.5 Å². The second-order valence-electron chi connectivity index (χ2n) is 7.44. The van der Waals surface area contributed by atoms with Gasteiger partial charge in [-0.3, -0.25) is 0 Å². The molecule has 4 heteroatoms. The summed E-state index contributed by atoms with van der Waals surface area (Å²) in [6.45, 7) is 7.84. The summed E-state index contributed by atoms with van der Waals surface area (Å²) in [5, 5.41) is 31.5.